The number of nitriles is 1. The summed E-state index contributed by atoms with van der Waals surface area (Å²) in [6, 6.07) is 5.72. The minimum atomic E-state index is -0.627. The summed E-state index contributed by atoms with van der Waals surface area (Å²) in [6.45, 7) is 1.59. The fourth-order valence-electron chi connectivity index (χ4n) is 1.06. The Kier molecular flexibility index (Phi) is 2.82. The van der Waals surface area contributed by atoms with E-state index < -0.39 is 17.6 Å². The summed E-state index contributed by atoms with van der Waals surface area (Å²) in [4.78, 5) is 10.8. The van der Waals surface area contributed by atoms with Crippen molar-refractivity contribution in [1.29, 1.82) is 5.26 Å². The third-order valence-electron chi connectivity index (χ3n) is 2.04. The minimum Gasteiger partial charge on any atom is -0.369 e. The number of hydrogen-bond acceptors (Lipinski definition) is 2. The van der Waals surface area contributed by atoms with Crippen molar-refractivity contribution in [2.75, 3.05) is 0 Å². The van der Waals surface area contributed by atoms with Crippen LogP contribution in [0.3, 0.4) is 0 Å². The summed E-state index contributed by atoms with van der Waals surface area (Å²) in [5, 5.41) is 8.48. The van der Waals surface area contributed by atoms with Crippen molar-refractivity contribution in [2.24, 2.45) is 5.73 Å². The van der Waals surface area contributed by atoms with Gasteiger partial charge in [0.05, 0.1) is 11.5 Å². The zero-order valence-electron chi connectivity index (χ0n) is 7.62. The van der Waals surface area contributed by atoms with Crippen LogP contribution in [-0.4, -0.2) is 5.91 Å². The average molecular weight is 192 g/mol. The second-order valence-electron chi connectivity index (χ2n) is 2.98. The highest BCUT2D eigenvalue weighted by molar-refractivity contribution is 5.81. The van der Waals surface area contributed by atoms with Crippen molar-refractivity contribution in [3.63, 3.8) is 0 Å². The van der Waals surface area contributed by atoms with Crippen LogP contribution in [0, 0.1) is 17.1 Å². The molecule has 1 aromatic carbocycles. The van der Waals surface area contributed by atoms with Crippen LogP contribution in [0.1, 0.15) is 24.0 Å². The second kappa shape index (κ2) is 3.88. The van der Waals surface area contributed by atoms with Gasteiger partial charge < -0.3 is 5.73 Å². The van der Waals surface area contributed by atoms with Crippen molar-refractivity contribution in [3.05, 3.63) is 35.1 Å². The van der Waals surface area contributed by atoms with Crippen molar-refractivity contribution in [2.45, 2.75) is 12.8 Å². The number of amides is 1. The molecular weight excluding hydrogens is 183 g/mol. The van der Waals surface area contributed by atoms with Gasteiger partial charge in [-0.05, 0) is 24.6 Å². The van der Waals surface area contributed by atoms with Gasteiger partial charge in [0, 0.05) is 0 Å². The summed E-state index contributed by atoms with van der Waals surface area (Å²) in [5.74, 6) is -1.69. The monoisotopic (exact) mass is 192 g/mol. The van der Waals surface area contributed by atoms with E-state index in [4.69, 9.17) is 11.0 Å². The third kappa shape index (κ3) is 1.88. The topological polar surface area (TPSA) is 66.9 Å². The van der Waals surface area contributed by atoms with Crippen LogP contribution in [0.4, 0.5) is 4.39 Å². The smallest absolute Gasteiger partial charge is 0.224 e. The number of benzene rings is 1. The summed E-state index contributed by atoms with van der Waals surface area (Å²) in [7, 11) is 0. The van der Waals surface area contributed by atoms with E-state index in [1.165, 1.54) is 12.1 Å². The van der Waals surface area contributed by atoms with E-state index in [1.807, 2.05) is 0 Å². The Hall–Kier alpha value is -1.89. The zero-order chi connectivity index (χ0) is 10.7. The SMILES string of the molecule is CC(C(N)=O)c1ccc(C#N)c(F)c1. The Bertz CT molecular complexity index is 409. The van der Waals surface area contributed by atoms with E-state index in [2.05, 4.69) is 0 Å². The van der Waals surface area contributed by atoms with Gasteiger partial charge in [-0.2, -0.15) is 5.26 Å². The lowest BCUT2D eigenvalue weighted by molar-refractivity contribution is -0.119. The highest BCUT2D eigenvalue weighted by Crippen LogP contribution is 2.17. The molecule has 0 spiro atoms. The first kappa shape index (κ1) is 10.2. The van der Waals surface area contributed by atoms with E-state index in [9.17, 15) is 9.18 Å². The maximum absolute atomic E-state index is 13.1. The predicted octanol–water partition coefficient (Wildman–Crippen LogP) is 1.29. The molecule has 0 aliphatic heterocycles. The van der Waals surface area contributed by atoms with Crippen LogP contribution >= 0.6 is 0 Å². The Balaban J connectivity index is 3.10. The first-order chi connectivity index (χ1) is 6.56. The molecule has 0 radical (unpaired) electrons. The summed E-state index contributed by atoms with van der Waals surface area (Å²) in [6.07, 6.45) is 0. The number of nitrogens with two attached hydrogens (primary N) is 1. The van der Waals surface area contributed by atoms with Gasteiger partial charge in [0.2, 0.25) is 5.91 Å². The summed E-state index contributed by atoms with van der Waals surface area (Å²) < 4.78 is 13.1. The Labute approximate surface area is 81.0 Å². The third-order valence-corrected chi connectivity index (χ3v) is 2.04. The highest BCUT2D eigenvalue weighted by Gasteiger charge is 2.13. The Morgan fingerprint density at radius 3 is 2.71 bits per heavy atom. The van der Waals surface area contributed by atoms with Crippen LogP contribution in [0.2, 0.25) is 0 Å². The molecule has 1 amide bonds. The molecule has 1 unspecified atom stereocenters. The van der Waals surface area contributed by atoms with E-state index >= 15 is 0 Å². The van der Waals surface area contributed by atoms with E-state index in [0.29, 0.717) is 5.56 Å². The number of rotatable bonds is 2. The molecule has 14 heavy (non-hydrogen) atoms. The molecule has 3 nitrogen and oxygen atoms in total. The maximum atomic E-state index is 13.1. The normalized spacial score (nSPS) is 11.8. The van der Waals surface area contributed by atoms with Gasteiger partial charge in [-0.25, -0.2) is 4.39 Å². The lowest BCUT2D eigenvalue weighted by atomic mass is 9.99. The molecule has 0 saturated carbocycles. The molecular formula is C10H9FN2O. The maximum Gasteiger partial charge on any atom is 0.224 e. The fourth-order valence-corrected chi connectivity index (χ4v) is 1.06. The number of nitrogens with zero attached hydrogens (tertiary/aromatic N) is 1. The Morgan fingerprint density at radius 2 is 2.29 bits per heavy atom. The minimum absolute atomic E-state index is 0.0366. The van der Waals surface area contributed by atoms with E-state index in [1.54, 1.807) is 13.0 Å². The lowest BCUT2D eigenvalue weighted by Crippen LogP contribution is -2.18. The van der Waals surface area contributed by atoms with Crippen LogP contribution in [0.25, 0.3) is 0 Å². The molecule has 4 heteroatoms. The number of carbonyl (C=O) groups is 1. The molecule has 0 bridgehead atoms. The molecule has 72 valence electrons. The molecule has 0 aromatic heterocycles. The number of halogens is 1. The van der Waals surface area contributed by atoms with Gasteiger partial charge in [-0.15, -0.1) is 0 Å². The first-order valence-electron chi connectivity index (χ1n) is 4.05. The lowest BCUT2D eigenvalue weighted by Gasteiger charge is -2.07. The van der Waals surface area contributed by atoms with Gasteiger partial charge in [0.25, 0.3) is 0 Å². The van der Waals surface area contributed by atoms with Crippen molar-refractivity contribution in [3.8, 4) is 6.07 Å². The molecule has 1 atom stereocenters. The zero-order valence-corrected chi connectivity index (χ0v) is 7.62. The summed E-state index contributed by atoms with van der Waals surface area (Å²) in [5.41, 5.74) is 5.51. The van der Waals surface area contributed by atoms with Gasteiger partial charge >= 0.3 is 0 Å². The van der Waals surface area contributed by atoms with Gasteiger partial charge in [0.1, 0.15) is 11.9 Å². The quantitative estimate of drug-likeness (QED) is 0.767. The first-order valence-corrected chi connectivity index (χ1v) is 4.05. The van der Waals surface area contributed by atoms with Crippen LogP contribution in [-0.2, 0) is 4.79 Å². The Morgan fingerprint density at radius 1 is 1.64 bits per heavy atom. The second-order valence-corrected chi connectivity index (χ2v) is 2.98. The fraction of sp³-hybridized carbons (Fsp3) is 0.200. The van der Waals surface area contributed by atoms with Crippen LogP contribution in [0.15, 0.2) is 18.2 Å². The molecule has 0 aliphatic carbocycles. The summed E-state index contributed by atoms with van der Waals surface area (Å²) >= 11 is 0. The molecule has 0 heterocycles. The molecule has 1 aromatic rings. The van der Waals surface area contributed by atoms with Crippen LogP contribution < -0.4 is 5.73 Å². The van der Waals surface area contributed by atoms with Gasteiger partial charge in [-0.1, -0.05) is 6.07 Å². The molecule has 0 fully saturated rings. The molecule has 0 aliphatic rings. The number of primary amides is 1. The van der Waals surface area contributed by atoms with E-state index in [0.717, 1.165) is 6.07 Å². The van der Waals surface area contributed by atoms with Gasteiger partial charge in [-0.3, -0.25) is 4.79 Å². The molecule has 2 N–H and O–H groups in total. The standard InChI is InChI=1S/C10H9FN2O/c1-6(10(13)14)7-2-3-8(5-12)9(11)4-7/h2-4,6H,1H3,(H2,13,14). The molecule has 0 saturated heterocycles. The highest BCUT2D eigenvalue weighted by atomic mass is 19.1. The number of carbonyl (C=O) groups excluding carboxylic acids is 1. The number of hydrogen-bond donors (Lipinski definition) is 1. The van der Waals surface area contributed by atoms with E-state index in [-0.39, 0.29) is 5.56 Å². The van der Waals surface area contributed by atoms with Gasteiger partial charge in [0.15, 0.2) is 0 Å². The average Bonchev–Trinajstić information content (AvgIpc) is 2.16. The largest absolute Gasteiger partial charge is 0.369 e. The van der Waals surface area contributed by atoms with Crippen molar-refractivity contribution >= 4 is 5.91 Å². The van der Waals surface area contributed by atoms with Crippen LogP contribution in [0.5, 0.6) is 0 Å². The predicted molar refractivity (Wildman–Crippen MR) is 48.7 cm³/mol. The van der Waals surface area contributed by atoms with Crippen molar-refractivity contribution < 1.29 is 9.18 Å². The molecule has 1 rings (SSSR count). The van der Waals surface area contributed by atoms with Crippen molar-refractivity contribution in [1.82, 2.24) is 0 Å².